The van der Waals surface area contributed by atoms with Gasteiger partial charge in [-0.15, -0.1) is 0 Å². The second-order valence-electron chi connectivity index (χ2n) is 4.40. The molecule has 0 aromatic heterocycles. The summed E-state index contributed by atoms with van der Waals surface area (Å²) in [5, 5.41) is 19.7. The molecule has 0 aliphatic heterocycles. The van der Waals surface area contributed by atoms with Crippen LogP contribution in [0.3, 0.4) is 0 Å². The average Bonchev–Trinajstić information content (AvgIpc) is 2.22. The molecule has 0 radical (unpaired) electrons. The molecule has 0 heterocycles. The first-order chi connectivity index (χ1) is 8.65. The standard InChI is InChI=1S/C11H18N2O6/c1-6(2)10(12-7(3)14)11(19)13(4-8(15)16)5-9(17)18/h6,10H,4-5H2,1-3H3,(H,12,14)(H,15,16)(H,17,18). The smallest absolute Gasteiger partial charge is 0.323 e. The van der Waals surface area contributed by atoms with Crippen LogP contribution < -0.4 is 5.32 Å². The predicted octanol–water partition coefficient (Wildman–Crippen LogP) is -0.855. The maximum Gasteiger partial charge on any atom is 0.323 e. The molecule has 0 aliphatic rings. The molecule has 0 aliphatic carbocycles. The quantitative estimate of drug-likeness (QED) is 0.555. The molecule has 1 atom stereocenters. The Kier molecular flexibility index (Phi) is 6.53. The Labute approximate surface area is 110 Å². The summed E-state index contributed by atoms with van der Waals surface area (Å²) in [5.41, 5.74) is 0. The van der Waals surface area contributed by atoms with E-state index in [4.69, 9.17) is 10.2 Å². The van der Waals surface area contributed by atoms with Gasteiger partial charge in [-0.3, -0.25) is 19.2 Å². The van der Waals surface area contributed by atoms with Gasteiger partial charge in [0.15, 0.2) is 0 Å². The number of aliphatic carboxylic acids is 2. The highest BCUT2D eigenvalue weighted by Gasteiger charge is 2.30. The van der Waals surface area contributed by atoms with Gasteiger partial charge >= 0.3 is 11.9 Å². The summed E-state index contributed by atoms with van der Waals surface area (Å²) < 4.78 is 0. The van der Waals surface area contributed by atoms with Crippen LogP contribution in [0.4, 0.5) is 0 Å². The summed E-state index contributed by atoms with van der Waals surface area (Å²) in [6.45, 7) is 3.10. The van der Waals surface area contributed by atoms with E-state index in [1.165, 1.54) is 6.92 Å². The van der Waals surface area contributed by atoms with Crippen molar-refractivity contribution in [1.82, 2.24) is 10.2 Å². The minimum Gasteiger partial charge on any atom is -0.480 e. The Morgan fingerprint density at radius 3 is 1.74 bits per heavy atom. The van der Waals surface area contributed by atoms with Gasteiger partial charge in [-0.1, -0.05) is 13.8 Å². The zero-order valence-electron chi connectivity index (χ0n) is 11.0. The molecule has 3 N–H and O–H groups in total. The number of rotatable bonds is 7. The number of carboxylic acid groups (broad SMARTS) is 2. The van der Waals surface area contributed by atoms with Gasteiger partial charge in [0.1, 0.15) is 19.1 Å². The topological polar surface area (TPSA) is 124 Å². The second kappa shape index (κ2) is 7.34. The van der Waals surface area contributed by atoms with Crippen LogP contribution in [0.25, 0.3) is 0 Å². The maximum absolute atomic E-state index is 12.1. The second-order valence-corrected chi connectivity index (χ2v) is 4.40. The number of carboxylic acids is 2. The first kappa shape index (κ1) is 16.9. The number of nitrogens with one attached hydrogen (secondary N) is 1. The van der Waals surface area contributed by atoms with Crippen molar-refractivity contribution >= 4 is 23.8 Å². The van der Waals surface area contributed by atoms with Crippen LogP contribution in [0.2, 0.25) is 0 Å². The minimum absolute atomic E-state index is 0.290. The van der Waals surface area contributed by atoms with E-state index in [2.05, 4.69) is 5.32 Å². The van der Waals surface area contributed by atoms with E-state index in [1.54, 1.807) is 13.8 Å². The van der Waals surface area contributed by atoms with Gasteiger partial charge < -0.3 is 20.4 Å². The summed E-state index contributed by atoms with van der Waals surface area (Å²) in [4.78, 5) is 45.0. The third-order valence-corrected chi connectivity index (χ3v) is 2.26. The first-order valence-electron chi connectivity index (χ1n) is 5.64. The Balaban J connectivity index is 5.04. The largest absolute Gasteiger partial charge is 0.480 e. The van der Waals surface area contributed by atoms with Crippen molar-refractivity contribution in [3.05, 3.63) is 0 Å². The summed E-state index contributed by atoms with van der Waals surface area (Å²) in [6.07, 6.45) is 0. The Morgan fingerprint density at radius 2 is 1.47 bits per heavy atom. The van der Waals surface area contributed by atoms with E-state index in [0.29, 0.717) is 4.90 Å². The van der Waals surface area contributed by atoms with Crippen molar-refractivity contribution < 1.29 is 29.4 Å². The normalized spacial score (nSPS) is 11.8. The molecule has 8 nitrogen and oxygen atoms in total. The Bertz CT molecular complexity index is 363. The molecule has 0 bridgehead atoms. The van der Waals surface area contributed by atoms with Gasteiger partial charge in [-0.2, -0.15) is 0 Å². The van der Waals surface area contributed by atoms with E-state index in [0.717, 1.165) is 0 Å². The zero-order valence-corrected chi connectivity index (χ0v) is 11.0. The summed E-state index contributed by atoms with van der Waals surface area (Å²) in [5.74, 6) is -4.10. The Hall–Kier alpha value is -2.12. The summed E-state index contributed by atoms with van der Waals surface area (Å²) in [6, 6.07) is -0.948. The lowest BCUT2D eigenvalue weighted by molar-refractivity contribution is -0.151. The highest BCUT2D eigenvalue weighted by Crippen LogP contribution is 2.06. The Morgan fingerprint density at radius 1 is 1.05 bits per heavy atom. The molecule has 0 aromatic carbocycles. The van der Waals surface area contributed by atoms with Crippen LogP contribution in [0.15, 0.2) is 0 Å². The van der Waals surface area contributed by atoms with Crippen molar-refractivity contribution in [2.24, 2.45) is 5.92 Å². The highest BCUT2D eigenvalue weighted by atomic mass is 16.4. The fourth-order valence-electron chi connectivity index (χ4n) is 1.47. The third-order valence-electron chi connectivity index (χ3n) is 2.26. The third kappa shape index (κ3) is 6.39. The van der Waals surface area contributed by atoms with E-state index in [1.807, 2.05) is 0 Å². The molecule has 0 saturated heterocycles. The molecular weight excluding hydrogens is 256 g/mol. The molecule has 2 amide bonds. The fourth-order valence-corrected chi connectivity index (χ4v) is 1.47. The lowest BCUT2D eigenvalue weighted by Crippen LogP contribution is -2.53. The van der Waals surface area contributed by atoms with Crippen molar-refractivity contribution in [2.45, 2.75) is 26.8 Å². The summed E-state index contributed by atoms with van der Waals surface area (Å²) >= 11 is 0. The van der Waals surface area contributed by atoms with Crippen LogP contribution >= 0.6 is 0 Å². The van der Waals surface area contributed by atoms with Crippen LogP contribution in [0.1, 0.15) is 20.8 Å². The molecule has 0 aromatic rings. The van der Waals surface area contributed by atoms with Crippen molar-refractivity contribution in [3.63, 3.8) is 0 Å². The number of hydrogen-bond donors (Lipinski definition) is 3. The number of amides is 2. The molecule has 108 valence electrons. The lowest BCUT2D eigenvalue weighted by Gasteiger charge is -2.27. The van der Waals surface area contributed by atoms with Gasteiger partial charge in [0.2, 0.25) is 11.8 Å². The number of carbonyl (C=O) groups is 4. The van der Waals surface area contributed by atoms with E-state index in [9.17, 15) is 19.2 Å². The number of carbonyl (C=O) groups excluding carboxylic acids is 2. The zero-order chi connectivity index (χ0) is 15.2. The molecule has 0 spiro atoms. The molecule has 1 unspecified atom stereocenters. The van der Waals surface area contributed by atoms with Crippen LogP contribution in [0.5, 0.6) is 0 Å². The molecule has 0 saturated carbocycles. The monoisotopic (exact) mass is 274 g/mol. The fraction of sp³-hybridized carbons (Fsp3) is 0.636. The van der Waals surface area contributed by atoms with Crippen LogP contribution in [-0.2, 0) is 19.2 Å². The molecule has 0 rings (SSSR count). The lowest BCUT2D eigenvalue weighted by atomic mass is 10.0. The predicted molar refractivity (Wildman–Crippen MR) is 64.3 cm³/mol. The SMILES string of the molecule is CC(=O)NC(C(=O)N(CC(=O)O)CC(=O)O)C(C)C. The van der Waals surface area contributed by atoms with Crippen molar-refractivity contribution in [3.8, 4) is 0 Å². The van der Waals surface area contributed by atoms with Crippen LogP contribution in [0, 0.1) is 5.92 Å². The van der Waals surface area contributed by atoms with E-state index >= 15 is 0 Å². The average molecular weight is 274 g/mol. The van der Waals surface area contributed by atoms with E-state index < -0.39 is 42.9 Å². The van der Waals surface area contributed by atoms with Crippen molar-refractivity contribution in [2.75, 3.05) is 13.1 Å². The van der Waals surface area contributed by atoms with Gasteiger partial charge in [-0.25, -0.2) is 0 Å². The van der Waals surface area contributed by atoms with Crippen molar-refractivity contribution in [1.29, 1.82) is 0 Å². The molecule has 0 fully saturated rings. The number of nitrogens with zero attached hydrogens (tertiary/aromatic N) is 1. The van der Waals surface area contributed by atoms with E-state index in [-0.39, 0.29) is 5.92 Å². The molecular formula is C11H18N2O6. The van der Waals surface area contributed by atoms with Gasteiger partial charge in [-0.05, 0) is 5.92 Å². The number of hydrogen-bond acceptors (Lipinski definition) is 4. The molecule has 19 heavy (non-hydrogen) atoms. The highest BCUT2D eigenvalue weighted by molar-refractivity contribution is 5.91. The first-order valence-corrected chi connectivity index (χ1v) is 5.64. The van der Waals surface area contributed by atoms with Crippen LogP contribution in [-0.4, -0.2) is 58.0 Å². The maximum atomic E-state index is 12.1. The minimum atomic E-state index is -1.32. The van der Waals surface area contributed by atoms with Gasteiger partial charge in [0.05, 0.1) is 0 Å². The molecule has 8 heteroatoms. The van der Waals surface area contributed by atoms with Gasteiger partial charge in [0, 0.05) is 6.92 Å². The summed E-state index contributed by atoms with van der Waals surface area (Å²) in [7, 11) is 0. The van der Waals surface area contributed by atoms with Gasteiger partial charge in [0.25, 0.3) is 0 Å².